The zero-order valence-electron chi connectivity index (χ0n) is 14.5. The molecule has 0 saturated carbocycles. The fourth-order valence-electron chi connectivity index (χ4n) is 2.84. The highest BCUT2D eigenvalue weighted by Gasteiger charge is 2.24. The van der Waals surface area contributed by atoms with Gasteiger partial charge in [0.25, 0.3) is 5.91 Å². The monoisotopic (exact) mass is 376 g/mol. The molecule has 2 aromatic carbocycles. The number of para-hydroxylation sites is 1. The molecule has 1 fully saturated rings. The molecule has 1 saturated heterocycles. The number of nitrogens with zero attached hydrogens (tertiary/aromatic N) is 1. The number of nitrogens with one attached hydrogen (secondary N) is 1. The molecule has 2 amide bonds. The van der Waals surface area contributed by atoms with Crippen LogP contribution in [0.5, 0.6) is 5.75 Å². The number of amides is 2. The van der Waals surface area contributed by atoms with Crippen LogP contribution in [0.3, 0.4) is 0 Å². The lowest BCUT2D eigenvalue weighted by atomic mass is 10.1. The number of rotatable bonds is 6. The summed E-state index contributed by atoms with van der Waals surface area (Å²) in [4.78, 5) is 25.7. The van der Waals surface area contributed by atoms with Crippen LogP contribution in [0.1, 0.15) is 28.9 Å². The third kappa shape index (κ3) is 4.33. The molecule has 27 heavy (non-hydrogen) atoms. The first-order chi connectivity index (χ1) is 13.0. The first-order valence-corrected chi connectivity index (χ1v) is 8.34. The lowest BCUT2D eigenvalue weighted by molar-refractivity contribution is -0.0506. The molecule has 8 heteroatoms. The van der Waals surface area contributed by atoms with E-state index < -0.39 is 24.7 Å². The molecule has 0 radical (unpaired) electrons. The number of hydrogen-bond donors (Lipinski definition) is 1. The average Bonchev–Trinajstić information content (AvgIpc) is 3.07. The van der Waals surface area contributed by atoms with Crippen molar-refractivity contribution in [3.05, 3.63) is 59.7 Å². The van der Waals surface area contributed by atoms with Crippen LogP contribution in [0.2, 0.25) is 0 Å². The van der Waals surface area contributed by atoms with Crippen molar-refractivity contribution >= 4 is 17.7 Å². The topological polar surface area (TPSA) is 67.9 Å². The van der Waals surface area contributed by atoms with E-state index in [-0.39, 0.29) is 5.75 Å². The van der Waals surface area contributed by atoms with Gasteiger partial charge in [-0.05, 0) is 31.2 Å². The summed E-state index contributed by atoms with van der Waals surface area (Å²) in [6, 6.07) is 12.3. The molecule has 6 nitrogen and oxygen atoms in total. The molecule has 1 N–H and O–H groups in total. The molecule has 1 atom stereocenters. The Morgan fingerprint density at radius 1 is 1.22 bits per heavy atom. The van der Waals surface area contributed by atoms with Crippen LogP contribution >= 0.6 is 0 Å². The molecular weight excluding hydrogens is 358 g/mol. The molecule has 3 rings (SSSR count). The lowest BCUT2D eigenvalue weighted by Gasteiger charge is -2.19. The Balaban J connectivity index is 1.75. The Hall–Kier alpha value is -3.16. The van der Waals surface area contributed by atoms with E-state index >= 15 is 0 Å². The van der Waals surface area contributed by atoms with E-state index in [4.69, 9.17) is 4.74 Å². The number of cyclic esters (lactones) is 1. The smallest absolute Gasteiger partial charge is 0.414 e. The second kappa shape index (κ2) is 8.03. The number of ether oxygens (including phenoxy) is 2. The van der Waals surface area contributed by atoms with Crippen molar-refractivity contribution < 1.29 is 27.8 Å². The van der Waals surface area contributed by atoms with Gasteiger partial charge < -0.3 is 14.8 Å². The van der Waals surface area contributed by atoms with Crippen molar-refractivity contribution in [2.24, 2.45) is 0 Å². The highest BCUT2D eigenvalue weighted by molar-refractivity contribution is 5.97. The minimum atomic E-state index is -2.95. The molecule has 1 aliphatic rings. The van der Waals surface area contributed by atoms with Gasteiger partial charge in [-0.2, -0.15) is 8.78 Å². The van der Waals surface area contributed by atoms with Crippen molar-refractivity contribution in [2.45, 2.75) is 19.6 Å². The van der Waals surface area contributed by atoms with Gasteiger partial charge in [0.2, 0.25) is 0 Å². The molecule has 1 unspecified atom stereocenters. The number of anilines is 1. The zero-order valence-corrected chi connectivity index (χ0v) is 14.5. The first kappa shape index (κ1) is 18.6. The minimum Gasteiger partial charge on any atom is -0.447 e. The van der Waals surface area contributed by atoms with Crippen LogP contribution < -0.4 is 15.0 Å². The molecule has 0 aliphatic carbocycles. The van der Waals surface area contributed by atoms with Crippen molar-refractivity contribution in [1.82, 2.24) is 5.32 Å². The maximum absolute atomic E-state index is 12.6. The second-order valence-electron chi connectivity index (χ2n) is 5.93. The zero-order chi connectivity index (χ0) is 19.4. The minimum absolute atomic E-state index is 0.00821. The molecule has 0 bridgehead atoms. The van der Waals surface area contributed by atoms with Crippen LogP contribution in [0.4, 0.5) is 19.3 Å². The third-order valence-electron chi connectivity index (χ3n) is 4.13. The van der Waals surface area contributed by atoms with E-state index in [0.717, 1.165) is 0 Å². The Labute approximate surface area is 154 Å². The van der Waals surface area contributed by atoms with Gasteiger partial charge in [0.15, 0.2) is 0 Å². The molecular formula is C19H18F2N2O4. The number of halogens is 2. The van der Waals surface area contributed by atoms with E-state index in [1.54, 1.807) is 49.4 Å². The van der Waals surface area contributed by atoms with Gasteiger partial charge in [-0.1, -0.05) is 24.3 Å². The third-order valence-corrected chi connectivity index (χ3v) is 4.13. The van der Waals surface area contributed by atoms with Gasteiger partial charge in [0.1, 0.15) is 12.4 Å². The SMILES string of the molecule is CC(NC(=O)c1cccc(N2CCOC2=O)c1)c1ccccc1OC(F)F. The summed E-state index contributed by atoms with van der Waals surface area (Å²) in [6.45, 7) is -0.565. The molecule has 2 aromatic rings. The van der Waals surface area contributed by atoms with E-state index in [1.165, 1.54) is 11.0 Å². The van der Waals surface area contributed by atoms with Crippen molar-refractivity contribution in [1.29, 1.82) is 0 Å². The van der Waals surface area contributed by atoms with Gasteiger partial charge in [0.05, 0.1) is 12.6 Å². The van der Waals surface area contributed by atoms with Crippen LogP contribution in [-0.4, -0.2) is 31.8 Å². The van der Waals surface area contributed by atoms with Gasteiger partial charge in [-0.3, -0.25) is 9.69 Å². The van der Waals surface area contributed by atoms with Crippen molar-refractivity contribution in [3.63, 3.8) is 0 Å². The Bertz CT molecular complexity index is 844. The molecule has 1 aliphatic heterocycles. The number of alkyl halides is 2. The number of carbonyl (C=O) groups excluding carboxylic acids is 2. The summed E-state index contributed by atoms with van der Waals surface area (Å²) in [7, 11) is 0. The fourth-order valence-corrected chi connectivity index (χ4v) is 2.84. The number of benzene rings is 2. The largest absolute Gasteiger partial charge is 0.447 e. The van der Waals surface area contributed by atoms with Crippen molar-refractivity contribution in [3.8, 4) is 5.75 Å². The molecule has 0 aromatic heterocycles. The Kier molecular flexibility index (Phi) is 5.54. The number of hydrogen-bond acceptors (Lipinski definition) is 4. The van der Waals surface area contributed by atoms with E-state index in [1.807, 2.05) is 0 Å². The van der Waals surface area contributed by atoms with Gasteiger partial charge in [0, 0.05) is 16.8 Å². The predicted molar refractivity (Wildman–Crippen MR) is 94.1 cm³/mol. The maximum Gasteiger partial charge on any atom is 0.414 e. The quantitative estimate of drug-likeness (QED) is 0.834. The van der Waals surface area contributed by atoms with Crippen LogP contribution in [-0.2, 0) is 4.74 Å². The van der Waals surface area contributed by atoms with E-state index in [9.17, 15) is 18.4 Å². The summed E-state index contributed by atoms with van der Waals surface area (Å²) in [5.41, 5.74) is 1.33. The highest BCUT2D eigenvalue weighted by atomic mass is 19.3. The van der Waals surface area contributed by atoms with Crippen LogP contribution in [0.25, 0.3) is 0 Å². The van der Waals surface area contributed by atoms with Crippen LogP contribution in [0, 0.1) is 0 Å². The Morgan fingerprint density at radius 2 is 2.00 bits per heavy atom. The van der Waals surface area contributed by atoms with Gasteiger partial charge >= 0.3 is 12.7 Å². The van der Waals surface area contributed by atoms with E-state index in [0.29, 0.717) is 30.0 Å². The second-order valence-corrected chi connectivity index (χ2v) is 5.93. The molecule has 0 spiro atoms. The normalized spacial score (nSPS) is 14.8. The summed E-state index contributed by atoms with van der Waals surface area (Å²) in [5.74, 6) is -0.391. The standard InChI is InChI=1S/C19H18F2N2O4/c1-12(15-7-2-3-8-16(15)27-18(20)21)22-17(24)13-5-4-6-14(11-13)23-9-10-26-19(23)25/h2-8,11-12,18H,9-10H2,1H3,(H,22,24). The van der Waals surface area contributed by atoms with E-state index in [2.05, 4.69) is 10.1 Å². The maximum atomic E-state index is 12.6. The average molecular weight is 376 g/mol. The number of carbonyl (C=O) groups is 2. The van der Waals surface area contributed by atoms with Gasteiger partial charge in [-0.15, -0.1) is 0 Å². The predicted octanol–water partition coefficient (Wildman–Crippen LogP) is 3.74. The first-order valence-electron chi connectivity index (χ1n) is 8.34. The Morgan fingerprint density at radius 3 is 2.70 bits per heavy atom. The van der Waals surface area contributed by atoms with Crippen molar-refractivity contribution in [2.75, 3.05) is 18.1 Å². The highest BCUT2D eigenvalue weighted by Crippen LogP contribution is 2.27. The summed E-state index contributed by atoms with van der Waals surface area (Å²) >= 11 is 0. The fraction of sp³-hybridized carbons (Fsp3) is 0.263. The summed E-state index contributed by atoms with van der Waals surface area (Å²) in [6.07, 6.45) is -0.459. The van der Waals surface area contributed by atoms with Crippen LogP contribution in [0.15, 0.2) is 48.5 Å². The molecule has 142 valence electrons. The molecule has 1 heterocycles. The van der Waals surface area contributed by atoms with Gasteiger partial charge in [-0.25, -0.2) is 4.79 Å². The summed E-state index contributed by atoms with van der Waals surface area (Å²) in [5, 5.41) is 2.76. The lowest BCUT2D eigenvalue weighted by Crippen LogP contribution is -2.28. The summed E-state index contributed by atoms with van der Waals surface area (Å²) < 4.78 is 34.5.